The molecule has 0 saturated carbocycles. The zero-order chi connectivity index (χ0) is 14.7. The molecule has 2 nitrogen and oxygen atoms in total. The van der Waals surface area contributed by atoms with Crippen LogP contribution in [-0.4, -0.2) is 24.1 Å². The average molecular weight is 302 g/mol. The molecule has 110 valence electrons. The van der Waals surface area contributed by atoms with Crippen LogP contribution in [0.5, 0.6) is 5.75 Å². The normalized spacial score (nSPS) is 21.7. The standard InChI is InChI=1S/C18H20ClNO/c1-10(19)14-9-20(2)15-8-16(21)13-7-6-11-4-3-5-12(11)17(13)18(14)15/h6-8,10,14,21H,3-5,9H2,1-2H3. The van der Waals surface area contributed by atoms with Crippen molar-refractivity contribution >= 4 is 28.1 Å². The maximum Gasteiger partial charge on any atom is 0.125 e. The molecule has 1 aliphatic heterocycles. The summed E-state index contributed by atoms with van der Waals surface area (Å²) in [5.74, 6) is 0.732. The van der Waals surface area contributed by atoms with E-state index in [1.165, 1.54) is 28.5 Å². The van der Waals surface area contributed by atoms with E-state index in [2.05, 4.69) is 31.0 Å². The minimum absolute atomic E-state index is 0.0960. The molecule has 0 aromatic heterocycles. The van der Waals surface area contributed by atoms with Gasteiger partial charge in [0.2, 0.25) is 0 Å². The summed E-state index contributed by atoms with van der Waals surface area (Å²) >= 11 is 6.48. The fourth-order valence-corrected chi connectivity index (χ4v) is 4.36. The molecule has 2 aromatic rings. The number of benzene rings is 2. The Kier molecular flexibility index (Phi) is 2.87. The highest BCUT2D eigenvalue weighted by molar-refractivity contribution is 6.21. The van der Waals surface area contributed by atoms with Gasteiger partial charge in [0, 0.05) is 42.0 Å². The van der Waals surface area contributed by atoms with Gasteiger partial charge in [-0.1, -0.05) is 12.1 Å². The molecule has 0 fully saturated rings. The number of nitrogens with zero attached hydrogens (tertiary/aromatic N) is 1. The van der Waals surface area contributed by atoms with Crippen molar-refractivity contribution in [2.45, 2.75) is 37.5 Å². The molecule has 4 rings (SSSR count). The largest absolute Gasteiger partial charge is 0.507 e. The van der Waals surface area contributed by atoms with Gasteiger partial charge >= 0.3 is 0 Å². The molecule has 1 N–H and O–H groups in total. The summed E-state index contributed by atoms with van der Waals surface area (Å²) in [5.41, 5.74) is 5.40. The summed E-state index contributed by atoms with van der Waals surface area (Å²) < 4.78 is 0. The zero-order valence-electron chi connectivity index (χ0n) is 12.5. The van der Waals surface area contributed by atoms with Crippen molar-refractivity contribution in [3.63, 3.8) is 0 Å². The molecule has 2 aromatic carbocycles. The lowest BCUT2D eigenvalue weighted by atomic mass is 9.88. The van der Waals surface area contributed by atoms with Gasteiger partial charge in [0.15, 0.2) is 0 Å². The molecular weight excluding hydrogens is 282 g/mol. The predicted molar refractivity (Wildman–Crippen MR) is 89.0 cm³/mol. The molecule has 2 atom stereocenters. The van der Waals surface area contributed by atoms with E-state index >= 15 is 0 Å². The second-order valence-electron chi connectivity index (χ2n) is 6.47. The Balaban J connectivity index is 2.12. The Labute approximate surface area is 130 Å². The van der Waals surface area contributed by atoms with Gasteiger partial charge in [0.25, 0.3) is 0 Å². The number of phenols is 1. The number of hydrogen-bond acceptors (Lipinski definition) is 2. The van der Waals surface area contributed by atoms with Crippen LogP contribution in [0, 0.1) is 0 Å². The monoisotopic (exact) mass is 301 g/mol. The molecule has 2 unspecified atom stereocenters. The van der Waals surface area contributed by atoms with Gasteiger partial charge < -0.3 is 10.0 Å². The molecule has 0 spiro atoms. The highest BCUT2D eigenvalue weighted by Gasteiger charge is 2.34. The third-order valence-electron chi connectivity index (χ3n) is 5.18. The SMILES string of the molecule is CC(Cl)C1CN(C)c2cc(O)c3ccc4c(c3c21)CCC4. The molecule has 1 heterocycles. The van der Waals surface area contributed by atoms with Gasteiger partial charge in [-0.3, -0.25) is 0 Å². The van der Waals surface area contributed by atoms with Crippen LogP contribution >= 0.6 is 11.6 Å². The van der Waals surface area contributed by atoms with E-state index in [0.29, 0.717) is 11.7 Å². The molecule has 3 heteroatoms. The van der Waals surface area contributed by atoms with Crippen molar-refractivity contribution in [2.24, 2.45) is 0 Å². The van der Waals surface area contributed by atoms with Gasteiger partial charge in [-0.05, 0) is 48.3 Å². The van der Waals surface area contributed by atoms with Crippen LogP contribution in [0.4, 0.5) is 5.69 Å². The highest BCUT2D eigenvalue weighted by atomic mass is 35.5. The van der Waals surface area contributed by atoms with E-state index in [1.807, 2.05) is 6.07 Å². The van der Waals surface area contributed by atoms with Crippen LogP contribution < -0.4 is 4.90 Å². The minimum Gasteiger partial charge on any atom is -0.507 e. The number of phenolic OH excluding ortho intramolecular Hbond substituents is 1. The number of fused-ring (bicyclic) bond motifs is 5. The Morgan fingerprint density at radius 2 is 2.14 bits per heavy atom. The Bertz CT molecular complexity index is 738. The van der Waals surface area contributed by atoms with Gasteiger partial charge in [-0.25, -0.2) is 0 Å². The maximum atomic E-state index is 10.4. The Morgan fingerprint density at radius 1 is 1.33 bits per heavy atom. The number of halogens is 1. The molecule has 21 heavy (non-hydrogen) atoms. The minimum atomic E-state index is 0.0960. The average Bonchev–Trinajstić information content (AvgIpc) is 3.04. The molecular formula is C18H20ClNO. The van der Waals surface area contributed by atoms with Gasteiger partial charge in [0.05, 0.1) is 0 Å². The number of rotatable bonds is 1. The van der Waals surface area contributed by atoms with Crippen LogP contribution in [0.2, 0.25) is 0 Å². The van der Waals surface area contributed by atoms with Crippen molar-refractivity contribution in [1.82, 2.24) is 0 Å². The third kappa shape index (κ3) is 1.78. The first-order valence-electron chi connectivity index (χ1n) is 7.73. The number of alkyl halides is 1. The van der Waals surface area contributed by atoms with E-state index in [0.717, 1.165) is 30.5 Å². The predicted octanol–water partition coefficient (Wildman–Crippen LogP) is 4.19. The molecule has 1 aliphatic carbocycles. The first kappa shape index (κ1) is 13.3. The van der Waals surface area contributed by atoms with E-state index < -0.39 is 0 Å². The molecule has 0 bridgehead atoms. The molecule has 2 aliphatic rings. The van der Waals surface area contributed by atoms with Crippen molar-refractivity contribution in [3.8, 4) is 5.75 Å². The Hall–Kier alpha value is -1.41. The van der Waals surface area contributed by atoms with E-state index in [4.69, 9.17) is 11.6 Å². The van der Waals surface area contributed by atoms with Crippen molar-refractivity contribution < 1.29 is 5.11 Å². The second kappa shape index (κ2) is 4.54. The van der Waals surface area contributed by atoms with E-state index in [9.17, 15) is 5.11 Å². The third-order valence-corrected chi connectivity index (χ3v) is 5.49. The number of likely N-dealkylation sites (N-methyl/N-ethyl adjacent to an activating group) is 1. The quantitative estimate of drug-likeness (QED) is 0.798. The molecule has 0 saturated heterocycles. The molecule has 0 radical (unpaired) electrons. The maximum absolute atomic E-state index is 10.4. The lowest BCUT2D eigenvalue weighted by Gasteiger charge is -2.18. The van der Waals surface area contributed by atoms with Gasteiger partial charge in [-0.2, -0.15) is 0 Å². The topological polar surface area (TPSA) is 23.5 Å². The zero-order valence-corrected chi connectivity index (χ0v) is 13.2. The molecule has 0 amide bonds. The summed E-state index contributed by atoms with van der Waals surface area (Å²) in [6, 6.07) is 6.19. The lowest BCUT2D eigenvalue weighted by molar-refractivity contribution is 0.481. The number of aryl methyl sites for hydroxylation is 2. The summed E-state index contributed by atoms with van der Waals surface area (Å²) in [6.07, 6.45) is 3.50. The van der Waals surface area contributed by atoms with Crippen molar-refractivity contribution in [2.75, 3.05) is 18.5 Å². The van der Waals surface area contributed by atoms with Gasteiger partial charge in [0.1, 0.15) is 5.75 Å². The van der Waals surface area contributed by atoms with Crippen LogP contribution in [0.25, 0.3) is 10.8 Å². The number of anilines is 1. The van der Waals surface area contributed by atoms with Crippen molar-refractivity contribution in [3.05, 3.63) is 34.9 Å². The lowest BCUT2D eigenvalue weighted by Crippen LogP contribution is -2.19. The summed E-state index contributed by atoms with van der Waals surface area (Å²) in [5, 5.41) is 12.8. The van der Waals surface area contributed by atoms with Crippen LogP contribution in [-0.2, 0) is 12.8 Å². The summed E-state index contributed by atoms with van der Waals surface area (Å²) in [4.78, 5) is 2.23. The first-order chi connectivity index (χ1) is 10.1. The summed E-state index contributed by atoms with van der Waals surface area (Å²) in [7, 11) is 2.09. The summed E-state index contributed by atoms with van der Waals surface area (Å²) in [6.45, 7) is 3.01. The van der Waals surface area contributed by atoms with E-state index in [1.54, 1.807) is 0 Å². The fraction of sp³-hybridized carbons (Fsp3) is 0.444. The number of hydrogen-bond donors (Lipinski definition) is 1. The highest BCUT2D eigenvalue weighted by Crippen LogP contribution is 2.48. The Morgan fingerprint density at radius 3 is 2.90 bits per heavy atom. The van der Waals surface area contributed by atoms with Crippen LogP contribution in [0.3, 0.4) is 0 Å². The smallest absolute Gasteiger partial charge is 0.125 e. The van der Waals surface area contributed by atoms with Crippen LogP contribution in [0.15, 0.2) is 18.2 Å². The second-order valence-corrected chi connectivity index (χ2v) is 7.16. The van der Waals surface area contributed by atoms with Crippen molar-refractivity contribution in [1.29, 1.82) is 0 Å². The fourth-order valence-electron chi connectivity index (χ4n) is 4.15. The first-order valence-corrected chi connectivity index (χ1v) is 8.17. The number of aromatic hydroxyl groups is 1. The van der Waals surface area contributed by atoms with E-state index in [-0.39, 0.29) is 5.38 Å². The van der Waals surface area contributed by atoms with Gasteiger partial charge in [-0.15, -0.1) is 11.6 Å². The van der Waals surface area contributed by atoms with Crippen LogP contribution in [0.1, 0.15) is 36.0 Å².